The average molecular weight is 596 g/mol. The smallest absolute Gasteiger partial charge is 0.306 e. The van der Waals surface area contributed by atoms with Crippen LogP contribution in [-0.4, -0.2) is 60.0 Å². The molecule has 1 fully saturated rings. The predicted octanol–water partition coefficient (Wildman–Crippen LogP) is 3.05. The van der Waals surface area contributed by atoms with E-state index in [-0.39, 0.29) is 18.2 Å². The van der Waals surface area contributed by atoms with E-state index in [1.54, 1.807) is 19.1 Å². The number of amides is 2. The van der Waals surface area contributed by atoms with Crippen molar-refractivity contribution in [3.05, 3.63) is 75.0 Å². The number of aromatic nitrogens is 2. The maximum Gasteiger partial charge on any atom is 0.306 e. The maximum absolute atomic E-state index is 14.4. The van der Waals surface area contributed by atoms with Crippen molar-refractivity contribution in [2.75, 3.05) is 21.2 Å². The molecule has 3 aromatic rings. The van der Waals surface area contributed by atoms with Gasteiger partial charge in [0.25, 0.3) is 5.91 Å². The van der Waals surface area contributed by atoms with E-state index in [1.807, 2.05) is 24.3 Å². The number of ether oxygens (including phenoxy) is 1. The maximum atomic E-state index is 14.4. The molecule has 1 saturated carbocycles. The van der Waals surface area contributed by atoms with Gasteiger partial charge in [-0.1, -0.05) is 18.1 Å². The highest BCUT2D eigenvalue weighted by atomic mass is 32.2. The van der Waals surface area contributed by atoms with Gasteiger partial charge in [0.1, 0.15) is 16.5 Å². The Labute approximate surface area is 244 Å². The summed E-state index contributed by atoms with van der Waals surface area (Å²) in [5.41, 5.74) is 6.73. The van der Waals surface area contributed by atoms with Gasteiger partial charge < -0.3 is 10.5 Å². The number of carbonyl (C=O) groups excluding carboxylic acids is 2. The highest BCUT2D eigenvalue weighted by molar-refractivity contribution is 7.87. The Morgan fingerprint density at radius 1 is 1.27 bits per heavy atom. The van der Waals surface area contributed by atoms with E-state index in [1.165, 1.54) is 27.4 Å². The van der Waals surface area contributed by atoms with Crippen LogP contribution in [-0.2, 0) is 33.4 Å². The highest BCUT2D eigenvalue weighted by Crippen LogP contribution is 2.57. The molecule has 10 nitrogen and oxygen atoms in total. The molecule has 0 radical (unpaired) electrons. The number of rotatable bonds is 12. The second-order valence-corrected chi connectivity index (χ2v) is 13.5. The quantitative estimate of drug-likeness (QED) is 0.318. The molecule has 4 rings (SSSR count). The number of terminal acetylenes is 1. The number of benzene rings is 1. The Bertz CT molecular complexity index is 1590. The SMILES string of the molecule is C#Cc1cccc(CCCC2CC2(C(=O)N(Cc2nc(C(N)=O)c(C)s2)S(=O)(=O)N(C)C)c2ccc(OC)cn2)c1. The zero-order chi connectivity index (χ0) is 29.9. The minimum Gasteiger partial charge on any atom is -0.495 e. The zero-order valence-electron chi connectivity index (χ0n) is 23.5. The Hall–Kier alpha value is -3.79. The molecule has 2 heterocycles. The molecule has 2 amide bonds. The molecule has 0 saturated heterocycles. The molecule has 2 N–H and O–H groups in total. The fourth-order valence-corrected chi connectivity index (χ4v) is 7.11. The fourth-order valence-electron chi connectivity index (χ4n) is 5.05. The standard InChI is InChI=1S/C29H33N5O5S2/c1-6-20-9-7-10-21(15-20)11-8-12-22-16-29(22,24-14-13-23(39-5)17-31-24)28(36)34(41(37,38)33(3)4)18-25-32-26(27(30)35)19(2)40-25/h1,7,9-10,13-15,17,22H,8,11-12,16,18H2,2-5H3,(H2,30,35). The molecule has 12 heteroatoms. The molecule has 2 atom stereocenters. The van der Waals surface area contributed by atoms with Crippen LogP contribution in [0.5, 0.6) is 5.75 Å². The predicted molar refractivity (Wildman–Crippen MR) is 156 cm³/mol. The van der Waals surface area contributed by atoms with Gasteiger partial charge in [-0.3, -0.25) is 14.6 Å². The highest BCUT2D eigenvalue weighted by Gasteiger charge is 2.64. The van der Waals surface area contributed by atoms with E-state index in [0.29, 0.717) is 34.2 Å². The molecule has 0 spiro atoms. The van der Waals surface area contributed by atoms with Crippen LogP contribution in [0.2, 0.25) is 0 Å². The number of methoxy groups -OCH3 is 1. The van der Waals surface area contributed by atoms with Gasteiger partial charge in [-0.2, -0.15) is 12.7 Å². The number of hydrogen-bond acceptors (Lipinski definition) is 8. The number of nitrogens with two attached hydrogens (primary N) is 1. The molecule has 1 aliphatic carbocycles. The third-order valence-electron chi connectivity index (χ3n) is 7.35. The fraction of sp³-hybridized carbons (Fsp3) is 0.379. The summed E-state index contributed by atoms with van der Waals surface area (Å²) in [6.45, 7) is 1.34. The van der Waals surface area contributed by atoms with Gasteiger partial charge in [0, 0.05) is 24.5 Å². The van der Waals surface area contributed by atoms with Crippen LogP contribution >= 0.6 is 11.3 Å². The molecule has 0 bridgehead atoms. The Morgan fingerprint density at radius 2 is 2.02 bits per heavy atom. The molecule has 1 aliphatic rings. The van der Waals surface area contributed by atoms with Crippen molar-refractivity contribution in [2.45, 2.75) is 44.6 Å². The summed E-state index contributed by atoms with van der Waals surface area (Å²) in [5, 5.41) is 0.290. The molecule has 1 aromatic carbocycles. The molecular weight excluding hydrogens is 562 g/mol. The van der Waals surface area contributed by atoms with Crippen LogP contribution in [0.4, 0.5) is 0 Å². The number of pyridine rings is 1. The minimum atomic E-state index is -4.22. The van der Waals surface area contributed by atoms with Crippen molar-refractivity contribution in [3.63, 3.8) is 0 Å². The van der Waals surface area contributed by atoms with Gasteiger partial charge in [0.15, 0.2) is 0 Å². The first kappa shape index (κ1) is 30.2. The lowest BCUT2D eigenvalue weighted by Gasteiger charge is -2.29. The first-order valence-electron chi connectivity index (χ1n) is 13.0. The Balaban J connectivity index is 1.67. The van der Waals surface area contributed by atoms with Crippen LogP contribution in [0.3, 0.4) is 0 Å². The number of carbonyl (C=O) groups is 2. The summed E-state index contributed by atoms with van der Waals surface area (Å²) in [4.78, 5) is 35.5. The van der Waals surface area contributed by atoms with E-state index >= 15 is 0 Å². The topological polar surface area (TPSA) is 136 Å². The number of nitrogens with zero attached hydrogens (tertiary/aromatic N) is 4. The third-order valence-corrected chi connectivity index (χ3v) is 10.1. The largest absolute Gasteiger partial charge is 0.495 e. The summed E-state index contributed by atoms with van der Waals surface area (Å²) in [6, 6.07) is 11.2. The molecule has 216 valence electrons. The molecule has 0 aliphatic heterocycles. The van der Waals surface area contributed by atoms with E-state index in [4.69, 9.17) is 16.9 Å². The first-order valence-corrected chi connectivity index (χ1v) is 15.2. The van der Waals surface area contributed by atoms with Crippen molar-refractivity contribution in [2.24, 2.45) is 11.7 Å². The van der Waals surface area contributed by atoms with Crippen LogP contribution in [0.15, 0.2) is 42.6 Å². The summed E-state index contributed by atoms with van der Waals surface area (Å²) < 4.78 is 34.2. The number of hydrogen-bond donors (Lipinski definition) is 1. The van der Waals surface area contributed by atoms with Crippen LogP contribution in [0.1, 0.15) is 56.5 Å². The summed E-state index contributed by atoms with van der Waals surface area (Å²) in [7, 11) is 0.0311. The molecule has 41 heavy (non-hydrogen) atoms. The molecule has 2 aromatic heterocycles. The van der Waals surface area contributed by atoms with Crippen LogP contribution in [0, 0.1) is 25.2 Å². The second kappa shape index (κ2) is 12.0. The number of aryl methyl sites for hydroxylation is 2. The van der Waals surface area contributed by atoms with Gasteiger partial charge in [-0.15, -0.1) is 17.8 Å². The van der Waals surface area contributed by atoms with Crippen molar-refractivity contribution in [3.8, 4) is 18.1 Å². The monoisotopic (exact) mass is 595 g/mol. The van der Waals surface area contributed by atoms with Gasteiger partial charge >= 0.3 is 10.2 Å². The van der Waals surface area contributed by atoms with Gasteiger partial charge in [0.2, 0.25) is 5.91 Å². The van der Waals surface area contributed by atoms with Gasteiger partial charge in [-0.25, -0.2) is 9.29 Å². The lowest BCUT2D eigenvalue weighted by atomic mass is 9.94. The lowest BCUT2D eigenvalue weighted by molar-refractivity contribution is -0.130. The van der Waals surface area contributed by atoms with E-state index in [0.717, 1.165) is 43.9 Å². The first-order chi connectivity index (χ1) is 19.4. The summed E-state index contributed by atoms with van der Waals surface area (Å²) >= 11 is 1.13. The summed E-state index contributed by atoms with van der Waals surface area (Å²) in [6.07, 6.45) is 9.72. The van der Waals surface area contributed by atoms with Crippen molar-refractivity contribution in [1.82, 2.24) is 18.6 Å². The lowest BCUT2D eigenvalue weighted by Crippen LogP contribution is -2.48. The minimum absolute atomic E-state index is 0.0596. The van der Waals surface area contributed by atoms with Crippen LogP contribution < -0.4 is 10.5 Å². The van der Waals surface area contributed by atoms with E-state index < -0.39 is 27.4 Å². The van der Waals surface area contributed by atoms with E-state index in [9.17, 15) is 18.0 Å². The zero-order valence-corrected chi connectivity index (χ0v) is 25.1. The Morgan fingerprint density at radius 3 is 2.61 bits per heavy atom. The average Bonchev–Trinajstić information content (AvgIpc) is 3.56. The van der Waals surface area contributed by atoms with Crippen LogP contribution in [0.25, 0.3) is 0 Å². The number of thiazole rings is 1. The van der Waals surface area contributed by atoms with Crippen molar-refractivity contribution < 1.29 is 22.7 Å². The van der Waals surface area contributed by atoms with Gasteiger partial charge in [-0.05, 0) is 68.4 Å². The third kappa shape index (κ3) is 6.12. The summed E-state index contributed by atoms with van der Waals surface area (Å²) in [5.74, 6) is 1.73. The van der Waals surface area contributed by atoms with E-state index in [2.05, 4.69) is 15.9 Å². The molecule has 2 unspecified atom stereocenters. The van der Waals surface area contributed by atoms with Gasteiger partial charge in [0.05, 0.1) is 31.0 Å². The normalized spacial score (nSPS) is 18.1. The molecular formula is C29H33N5O5S2. The van der Waals surface area contributed by atoms with Crippen molar-refractivity contribution in [1.29, 1.82) is 0 Å². The number of primary amides is 1. The Kier molecular flexibility index (Phi) is 8.82. The second-order valence-electron chi connectivity index (χ2n) is 10.2. The van der Waals surface area contributed by atoms with Crippen molar-refractivity contribution >= 4 is 33.4 Å².